The maximum atomic E-state index is 12.2. The Labute approximate surface area is 141 Å². The van der Waals surface area contributed by atoms with E-state index in [0.717, 1.165) is 25.9 Å². The summed E-state index contributed by atoms with van der Waals surface area (Å²) in [7, 11) is 0. The number of hydrogen-bond donors (Lipinski definition) is 2. The Kier molecular flexibility index (Phi) is 5.74. The lowest BCUT2D eigenvalue weighted by Gasteiger charge is -2.22. The van der Waals surface area contributed by atoms with Crippen molar-refractivity contribution in [1.82, 2.24) is 15.5 Å². The highest BCUT2D eigenvalue weighted by Crippen LogP contribution is 2.21. The first-order valence-electron chi connectivity index (χ1n) is 7.62. The van der Waals surface area contributed by atoms with Crippen LogP contribution in [-0.2, 0) is 4.79 Å². The predicted octanol–water partition coefficient (Wildman–Crippen LogP) is 0.820. The molecule has 0 bridgehead atoms. The molecule has 3 amide bonds. The zero-order chi connectivity index (χ0) is 15.5. The van der Waals surface area contributed by atoms with E-state index in [1.807, 2.05) is 0 Å². The van der Waals surface area contributed by atoms with Gasteiger partial charge in [0, 0.05) is 19.0 Å². The molecule has 0 spiro atoms. The third-order valence-corrected chi connectivity index (χ3v) is 4.22. The first kappa shape index (κ1) is 17.4. The quantitative estimate of drug-likeness (QED) is 0.797. The van der Waals surface area contributed by atoms with E-state index >= 15 is 0 Å². The first-order valence-corrected chi connectivity index (χ1v) is 7.62. The van der Waals surface area contributed by atoms with Crippen molar-refractivity contribution in [3.05, 3.63) is 35.4 Å². The number of carbonyl (C=O) groups is 3. The summed E-state index contributed by atoms with van der Waals surface area (Å²) < 4.78 is 0. The van der Waals surface area contributed by atoms with Crippen LogP contribution in [0.5, 0.6) is 0 Å². The Bertz CT molecular complexity index is 579. The molecule has 2 heterocycles. The third-order valence-electron chi connectivity index (χ3n) is 4.22. The fourth-order valence-corrected chi connectivity index (χ4v) is 2.96. The monoisotopic (exact) mass is 337 g/mol. The maximum absolute atomic E-state index is 12.2. The van der Waals surface area contributed by atoms with E-state index in [0.29, 0.717) is 17.7 Å². The summed E-state index contributed by atoms with van der Waals surface area (Å²) >= 11 is 0. The second kappa shape index (κ2) is 7.57. The highest BCUT2D eigenvalue weighted by Gasteiger charge is 2.34. The Morgan fingerprint density at radius 2 is 1.70 bits per heavy atom. The van der Waals surface area contributed by atoms with Gasteiger partial charge in [0.1, 0.15) is 0 Å². The molecule has 0 atom stereocenters. The van der Waals surface area contributed by atoms with Gasteiger partial charge in [-0.05, 0) is 38.1 Å². The van der Waals surface area contributed by atoms with E-state index in [2.05, 4.69) is 10.6 Å². The van der Waals surface area contributed by atoms with E-state index in [1.54, 1.807) is 24.3 Å². The van der Waals surface area contributed by atoms with Crippen LogP contribution in [0.15, 0.2) is 24.3 Å². The van der Waals surface area contributed by atoms with Crippen molar-refractivity contribution in [1.29, 1.82) is 0 Å². The number of rotatable bonds is 4. The zero-order valence-corrected chi connectivity index (χ0v) is 13.5. The second-order valence-electron chi connectivity index (χ2n) is 5.62. The lowest BCUT2D eigenvalue weighted by atomic mass is 9.97. The van der Waals surface area contributed by atoms with Crippen molar-refractivity contribution >= 4 is 30.1 Å². The van der Waals surface area contributed by atoms with Crippen molar-refractivity contribution in [2.75, 3.05) is 26.2 Å². The number of benzene rings is 1. The average Bonchev–Trinajstić information content (AvgIpc) is 2.81. The summed E-state index contributed by atoms with van der Waals surface area (Å²) in [5.74, 6) is -0.519. The summed E-state index contributed by atoms with van der Waals surface area (Å²) in [6.45, 7) is 2.23. The minimum absolute atomic E-state index is 0. The first-order chi connectivity index (χ1) is 10.7. The van der Waals surface area contributed by atoms with Crippen molar-refractivity contribution in [2.45, 2.75) is 12.8 Å². The molecular weight excluding hydrogens is 318 g/mol. The summed E-state index contributed by atoms with van der Waals surface area (Å²) in [6.07, 6.45) is 1.66. The molecule has 1 saturated heterocycles. The molecule has 1 aromatic carbocycles. The number of hydrogen-bond acceptors (Lipinski definition) is 4. The molecule has 1 fully saturated rings. The van der Waals surface area contributed by atoms with E-state index < -0.39 is 0 Å². The predicted molar refractivity (Wildman–Crippen MR) is 87.7 cm³/mol. The Hall–Kier alpha value is -1.92. The van der Waals surface area contributed by atoms with Gasteiger partial charge in [0.15, 0.2) is 0 Å². The molecule has 3 rings (SSSR count). The number of amides is 3. The normalized spacial score (nSPS) is 17.7. The van der Waals surface area contributed by atoms with Gasteiger partial charge in [-0.3, -0.25) is 19.3 Å². The largest absolute Gasteiger partial charge is 0.354 e. The Balaban J connectivity index is 0.00000192. The van der Waals surface area contributed by atoms with Crippen LogP contribution in [0.4, 0.5) is 0 Å². The van der Waals surface area contributed by atoms with Crippen LogP contribution in [0.25, 0.3) is 0 Å². The van der Waals surface area contributed by atoms with Gasteiger partial charge >= 0.3 is 0 Å². The van der Waals surface area contributed by atoms with Crippen LogP contribution in [0.1, 0.15) is 33.6 Å². The molecule has 2 aliphatic heterocycles. The van der Waals surface area contributed by atoms with Gasteiger partial charge in [-0.15, -0.1) is 12.4 Å². The van der Waals surface area contributed by atoms with Gasteiger partial charge in [0.05, 0.1) is 11.1 Å². The van der Waals surface area contributed by atoms with Crippen molar-refractivity contribution in [3.63, 3.8) is 0 Å². The molecule has 124 valence electrons. The number of imide groups is 1. The van der Waals surface area contributed by atoms with Crippen LogP contribution in [-0.4, -0.2) is 48.8 Å². The number of nitrogens with zero attached hydrogens (tertiary/aromatic N) is 1. The minimum atomic E-state index is -0.281. The van der Waals surface area contributed by atoms with Crippen LogP contribution in [0, 0.1) is 5.92 Å². The fourth-order valence-electron chi connectivity index (χ4n) is 2.96. The summed E-state index contributed by atoms with van der Waals surface area (Å²) in [4.78, 5) is 37.6. The number of nitrogens with one attached hydrogen (secondary N) is 2. The molecule has 2 N–H and O–H groups in total. The molecular formula is C16H20ClN3O3. The highest BCUT2D eigenvalue weighted by atomic mass is 35.5. The van der Waals surface area contributed by atoms with Gasteiger partial charge in [0.2, 0.25) is 5.91 Å². The van der Waals surface area contributed by atoms with Crippen LogP contribution in [0.3, 0.4) is 0 Å². The lowest BCUT2D eigenvalue weighted by Crippen LogP contribution is -2.42. The molecule has 23 heavy (non-hydrogen) atoms. The topological polar surface area (TPSA) is 78.5 Å². The average molecular weight is 338 g/mol. The fraction of sp³-hybridized carbons (Fsp3) is 0.438. The van der Waals surface area contributed by atoms with E-state index in [-0.39, 0.29) is 42.6 Å². The van der Waals surface area contributed by atoms with Crippen LogP contribution in [0.2, 0.25) is 0 Å². The SMILES string of the molecule is Cl.O=C(NCCN1C(=O)c2ccccc2C1=O)C1CCNCC1. The number of carbonyl (C=O) groups excluding carboxylic acids is 3. The van der Waals surface area contributed by atoms with Gasteiger partial charge in [-0.25, -0.2) is 0 Å². The van der Waals surface area contributed by atoms with E-state index in [9.17, 15) is 14.4 Å². The number of fused-ring (bicyclic) bond motifs is 1. The molecule has 6 nitrogen and oxygen atoms in total. The van der Waals surface area contributed by atoms with Gasteiger partial charge in [-0.1, -0.05) is 12.1 Å². The molecule has 0 aliphatic carbocycles. The smallest absolute Gasteiger partial charge is 0.261 e. The molecule has 0 aromatic heterocycles. The number of halogens is 1. The van der Waals surface area contributed by atoms with Crippen molar-refractivity contribution in [3.8, 4) is 0 Å². The Morgan fingerprint density at radius 3 is 2.26 bits per heavy atom. The number of piperidine rings is 1. The van der Waals surface area contributed by atoms with E-state index in [1.165, 1.54) is 4.90 Å². The minimum Gasteiger partial charge on any atom is -0.354 e. The third kappa shape index (κ3) is 3.54. The molecule has 0 radical (unpaired) electrons. The molecule has 0 saturated carbocycles. The van der Waals surface area contributed by atoms with Crippen molar-refractivity contribution in [2.24, 2.45) is 5.92 Å². The highest BCUT2D eigenvalue weighted by molar-refractivity contribution is 6.21. The lowest BCUT2D eigenvalue weighted by molar-refractivity contribution is -0.125. The van der Waals surface area contributed by atoms with Crippen LogP contribution >= 0.6 is 12.4 Å². The van der Waals surface area contributed by atoms with Crippen molar-refractivity contribution < 1.29 is 14.4 Å². The van der Waals surface area contributed by atoms with Crippen LogP contribution < -0.4 is 10.6 Å². The standard InChI is InChI=1S/C16H19N3O3.ClH/c20-14(11-5-7-17-8-6-11)18-9-10-19-15(21)12-3-1-2-4-13(12)16(19)22;/h1-4,11,17H,5-10H2,(H,18,20);1H. The van der Waals surface area contributed by atoms with Gasteiger partial charge < -0.3 is 10.6 Å². The van der Waals surface area contributed by atoms with Gasteiger partial charge in [-0.2, -0.15) is 0 Å². The Morgan fingerprint density at radius 1 is 1.13 bits per heavy atom. The second-order valence-corrected chi connectivity index (χ2v) is 5.62. The maximum Gasteiger partial charge on any atom is 0.261 e. The molecule has 0 unspecified atom stereocenters. The summed E-state index contributed by atoms with van der Waals surface area (Å²) in [5, 5.41) is 6.05. The molecule has 2 aliphatic rings. The summed E-state index contributed by atoms with van der Waals surface area (Å²) in [6, 6.07) is 6.80. The van der Waals surface area contributed by atoms with Gasteiger partial charge in [0.25, 0.3) is 11.8 Å². The molecule has 7 heteroatoms. The summed E-state index contributed by atoms with van der Waals surface area (Å²) in [5.41, 5.74) is 0.884. The molecule has 1 aromatic rings. The van der Waals surface area contributed by atoms with E-state index in [4.69, 9.17) is 0 Å². The zero-order valence-electron chi connectivity index (χ0n) is 12.7.